The van der Waals surface area contributed by atoms with Crippen LogP contribution in [0.5, 0.6) is 0 Å². The van der Waals surface area contributed by atoms with Gasteiger partial charge in [-0.25, -0.2) is 10.8 Å². The monoisotopic (exact) mass is 235 g/mol. The second kappa shape index (κ2) is 5.11. The number of hydrogen-bond acceptors (Lipinski definition) is 5. The van der Waals surface area contributed by atoms with Crippen molar-refractivity contribution in [2.75, 3.05) is 32.1 Å². The first-order valence-corrected chi connectivity index (χ1v) is 5.57. The Balaban J connectivity index is 1.98. The molecule has 1 amide bonds. The van der Waals surface area contributed by atoms with Crippen LogP contribution < -0.4 is 11.3 Å². The van der Waals surface area contributed by atoms with Gasteiger partial charge in [0, 0.05) is 32.9 Å². The topological polar surface area (TPSA) is 74.5 Å². The summed E-state index contributed by atoms with van der Waals surface area (Å²) in [6.07, 6.45) is 1.71. The van der Waals surface area contributed by atoms with Gasteiger partial charge in [-0.05, 0) is 17.7 Å². The van der Waals surface area contributed by atoms with E-state index in [1.165, 1.54) is 0 Å². The van der Waals surface area contributed by atoms with Crippen LogP contribution in [0, 0.1) is 0 Å². The lowest BCUT2D eigenvalue weighted by molar-refractivity contribution is -0.134. The molecule has 1 aromatic rings. The van der Waals surface area contributed by atoms with Crippen LogP contribution in [0.1, 0.15) is 5.56 Å². The van der Waals surface area contributed by atoms with E-state index in [0.29, 0.717) is 12.4 Å². The fraction of sp³-hybridized carbons (Fsp3) is 0.455. The summed E-state index contributed by atoms with van der Waals surface area (Å²) in [5.41, 5.74) is 3.62. The van der Waals surface area contributed by atoms with Crippen LogP contribution in [-0.4, -0.2) is 47.4 Å². The molecule has 92 valence electrons. The van der Waals surface area contributed by atoms with E-state index in [9.17, 15) is 4.79 Å². The number of nitrogens with two attached hydrogens (primary N) is 1. The number of nitrogens with zero attached hydrogens (tertiary/aromatic N) is 3. The Morgan fingerprint density at radius 2 is 2.35 bits per heavy atom. The molecule has 3 N–H and O–H groups in total. The van der Waals surface area contributed by atoms with Crippen molar-refractivity contribution in [1.29, 1.82) is 0 Å². The lowest BCUT2D eigenvalue weighted by atomic mass is 10.2. The molecule has 0 unspecified atom stereocenters. The molecule has 0 spiro atoms. The summed E-state index contributed by atoms with van der Waals surface area (Å²) in [5, 5.41) is 0. The van der Waals surface area contributed by atoms with Gasteiger partial charge >= 0.3 is 0 Å². The highest BCUT2D eigenvalue weighted by atomic mass is 16.2. The second-order valence-corrected chi connectivity index (χ2v) is 4.22. The lowest BCUT2D eigenvalue weighted by Crippen LogP contribution is -2.47. The number of nitrogens with one attached hydrogen (secondary N) is 1. The van der Waals surface area contributed by atoms with E-state index in [4.69, 9.17) is 5.84 Å². The van der Waals surface area contributed by atoms with E-state index in [-0.39, 0.29) is 5.91 Å². The number of amides is 1. The van der Waals surface area contributed by atoms with Gasteiger partial charge in [0.1, 0.15) is 5.82 Å². The van der Waals surface area contributed by atoms with E-state index in [2.05, 4.69) is 15.3 Å². The van der Waals surface area contributed by atoms with Crippen molar-refractivity contribution in [2.45, 2.75) is 6.54 Å². The minimum Gasteiger partial charge on any atom is -0.343 e. The van der Waals surface area contributed by atoms with Crippen LogP contribution in [0.15, 0.2) is 18.3 Å². The smallest absolute Gasteiger partial charge is 0.236 e. The van der Waals surface area contributed by atoms with Gasteiger partial charge in [0.05, 0.1) is 6.54 Å². The van der Waals surface area contributed by atoms with Crippen LogP contribution in [0.3, 0.4) is 0 Å². The quantitative estimate of drug-likeness (QED) is 0.553. The van der Waals surface area contributed by atoms with Gasteiger partial charge in [0.15, 0.2) is 0 Å². The third-order valence-corrected chi connectivity index (χ3v) is 2.91. The largest absolute Gasteiger partial charge is 0.343 e. The minimum atomic E-state index is 0.169. The van der Waals surface area contributed by atoms with Crippen molar-refractivity contribution >= 4 is 11.7 Å². The molecule has 0 aromatic carbocycles. The predicted octanol–water partition coefficient (Wildman–Crippen LogP) is -0.359. The number of likely N-dealkylation sites (N-methyl/N-ethyl adjacent to an activating group) is 1. The zero-order chi connectivity index (χ0) is 12.3. The Bertz CT molecular complexity index is 409. The maximum atomic E-state index is 11.6. The van der Waals surface area contributed by atoms with Gasteiger partial charge in [0.25, 0.3) is 0 Å². The molecule has 6 heteroatoms. The van der Waals surface area contributed by atoms with Gasteiger partial charge in [-0.2, -0.15) is 0 Å². The summed E-state index contributed by atoms with van der Waals surface area (Å²) in [5.74, 6) is 6.12. The molecule has 0 bridgehead atoms. The zero-order valence-electron chi connectivity index (χ0n) is 9.89. The second-order valence-electron chi connectivity index (χ2n) is 4.22. The van der Waals surface area contributed by atoms with Crippen molar-refractivity contribution in [3.05, 3.63) is 23.9 Å². The normalized spacial score (nSPS) is 17.3. The molecule has 1 aliphatic rings. The van der Waals surface area contributed by atoms with E-state index < -0.39 is 0 Å². The molecule has 2 heterocycles. The van der Waals surface area contributed by atoms with Crippen molar-refractivity contribution in [1.82, 2.24) is 14.8 Å². The van der Waals surface area contributed by atoms with Gasteiger partial charge in [-0.1, -0.05) is 0 Å². The van der Waals surface area contributed by atoms with Gasteiger partial charge in [-0.3, -0.25) is 9.69 Å². The Labute approximate surface area is 100 Å². The van der Waals surface area contributed by atoms with E-state index in [0.717, 1.165) is 25.2 Å². The average molecular weight is 235 g/mol. The van der Waals surface area contributed by atoms with Gasteiger partial charge in [0.2, 0.25) is 5.91 Å². The Morgan fingerprint density at radius 3 is 3.06 bits per heavy atom. The fourth-order valence-electron chi connectivity index (χ4n) is 1.85. The number of anilines is 1. The molecule has 1 aliphatic heterocycles. The molecule has 17 heavy (non-hydrogen) atoms. The molecule has 6 nitrogen and oxygen atoms in total. The summed E-state index contributed by atoms with van der Waals surface area (Å²) < 4.78 is 0. The molecule has 1 aromatic heterocycles. The molecule has 2 rings (SSSR count). The zero-order valence-corrected chi connectivity index (χ0v) is 9.89. The lowest BCUT2D eigenvalue weighted by Gasteiger charge is -2.31. The van der Waals surface area contributed by atoms with Crippen LogP contribution >= 0.6 is 0 Å². The maximum absolute atomic E-state index is 11.6. The van der Waals surface area contributed by atoms with Crippen LogP contribution in [-0.2, 0) is 11.3 Å². The van der Waals surface area contributed by atoms with Gasteiger partial charge < -0.3 is 10.3 Å². The highest BCUT2D eigenvalue weighted by Crippen LogP contribution is 2.10. The number of hydrogen-bond donors (Lipinski definition) is 2. The number of hydrazine groups is 1. The average Bonchev–Trinajstić information content (AvgIpc) is 2.34. The first-order valence-electron chi connectivity index (χ1n) is 5.57. The molecule has 0 atom stereocenters. The van der Waals surface area contributed by atoms with E-state index in [1.807, 2.05) is 19.2 Å². The van der Waals surface area contributed by atoms with E-state index >= 15 is 0 Å². The number of pyridine rings is 1. The molecular formula is C11H17N5O. The van der Waals surface area contributed by atoms with Crippen LogP contribution in [0.2, 0.25) is 0 Å². The number of piperazine rings is 1. The third kappa shape index (κ3) is 2.92. The number of rotatable bonds is 3. The van der Waals surface area contributed by atoms with Crippen molar-refractivity contribution < 1.29 is 4.79 Å². The van der Waals surface area contributed by atoms with Crippen molar-refractivity contribution in [3.8, 4) is 0 Å². The highest BCUT2D eigenvalue weighted by Gasteiger charge is 2.20. The first kappa shape index (κ1) is 11.8. The highest BCUT2D eigenvalue weighted by molar-refractivity contribution is 5.78. The van der Waals surface area contributed by atoms with Gasteiger partial charge in [-0.15, -0.1) is 0 Å². The third-order valence-electron chi connectivity index (χ3n) is 2.91. The summed E-state index contributed by atoms with van der Waals surface area (Å²) in [4.78, 5) is 19.5. The minimum absolute atomic E-state index is 0.169. The molecule has 1 saturated heterocycles. The number of nitrogen functional groups attached to an aromatic ring is 1. The first-order chi connectivity index (χ1) is 8.19. The Kier molecular flexibility index (Phi) is 3.55. The predicted molar refractivity (Wildman–Crippen MR) is 65.0 cm³/mol. The molecule has 0 aliphatic carbocycles. The summed E-state index contributed by atoms with van der Waals surface area (Å²) in [7, 11) is 1.84. The summed E-state index contributed by atoms with van der Waals surface area (Å²) in [6, 6.07) is 3.83. The summed E-state index contributed by atoms with van der Waals surface area (Å²) >= 11 is 0. The van der Waals surface area contributed by atoms with Crippen LogP contribution in [0.4, 0.5) is 5.82 Å². The molecule has 0 radical (unpaired) electrons. The van der Waals surface area contributed by atoms with E-state index in [1.54, 1.807) is 11.1 Å². The Morgan fingerprint density at radius 1 is 1.53 bits per heavy atom. The molecular weight excluding hydrogens is 218 g/mol. The SMILES string of the molecule is CN1CCN(Cc2ccnc(NN)c2)CC1=O. The molecule has 1 fully saturated rings. The standard InChI is InChI=1S/C11H17N5O/c1-15-4-5-16(8-11(15)17)7-9-2-3-13-10(6-9)14-12/h2-3,6H,4-5,7-8,12H2,1H3,(H,13,14). The van der Waals surface area contributed by atoms with Crippen molar-refractivity contribution in [3.63, 3.8) is 0 Å². The number of carbonyl (C=O) groups excluding carboxylic acids is 1. The number of carbonyl (C=O) groups is 1. The maximum Gasteiger partial charge on any atom is 0.236 e. The molecule has 0 saturated carbocycles. The fourth-order valence-corrected chi connectivity index (χ4v) is 1.85. The van der Waals surface area contributed by atoms with Crippen LogP contribution in [0.25, 0.3) is 0 Å². The number of aromatic nitrogens is 1. The Hall–Kier alpha value is -1.66. The van der Waals surface area contributed by atoms with Crippen molar-refractivity contribution in [2.24, 2.45) is 5.84 Å². The summed E-state index contributed by atoms with van der Waals surface area (Å²) in [6.45, 7) is 2.91.